The molecule has 0 radical (unpaired) electrons. The quantitative estimate of drug-likeness (QED) is 0.758. The Kier molecular flexibility index (Phi) is 6.01. The van der Waals surface area contributed by atoms with Crippen LogP contribution in [-0.2, 0) is 0 Å². The fourth-order valence-corrected chi connectivity index (χ4v) is 2.29. The van der Waals surface area contributed by atoms with Gasteiger partial charge in [-0.25, -0.2) is 9.48 Å². The number of amides is 2. The minimum atomic E-state index is -0.418. The van der Waals surface area contributed by atoms with Crippen LogP contribution in [0.5, 0.6) is 0 Å². The number of carbonyl (C=O) groups is 1. The van der Waals surface area contributed by atoms with E-state index in [9.17, 15) is 9.90 Å². The number of aliphatic hydroxyl groups excluding tert-OH is 1. The van der Waals surface area contributed by atoms with Crippen LogP contribution in [0, 0.1) is 5.92 Å². The van der Waals surface area contributed by atoms with E-state index >= 15 is 0 Å². The van der Waals surface area contributed by atoms with Gasteiger partial charge >= 0.3 is 6.03 Å². The summed E-state index contributed by atoms with van der Waals surface area (Å²) in [7, 11) is 0. The number of anilines is 1. The molecule has 0 spiro atoms. The zero-order valence-electron chi connectivity index (χ0n) is 13.2. The zero-order valence-corrected chi connectivity index (χ0v) is 13.9. The number of aromatic nitrogens is 2. The summed E-state index contributed by atoms with van der Waals surface area (Å²) in [6, 6.07) is 6.69. The Hall–Kier alpha value is -2.05. The van der Waals surface area contributed by atoms with Crippen molar-refractivity contribution in [1.82, 2.24) is 15.1 Å². The smallest absolute Gasteiger partial charge is 0.319 e. The average Bonchev–Trinajstić information content (AvgIpc) is 3.01. The fraction of sp³-hybridized carbons (Fsp3) is 0.375. The molecule has 0 aliphatic carbocycles. The van der Waals surface area contributed by atoms with Gasteiger partial charge in [0.15, 0.2) is 0 Å². The van der Waals surface area contributed by atoms with Crippen LogP contribution in [0.1, 0.15) is 20.3 Å². The summed E-state index contributed by atoms with van der Waals surface area (Å²) in [5.41, 5.74) is 1.33. The van der Waals surface area contributed by atoms with Gasteiger partial charge in [-0.3, -0.25) is 0 Å². The average molecular weight is 337 g/mol. The molecule has 2 aromatic rings. The van der Waals surface area contributed by atoms with Gasteiger partial charge in [0.25, 0.3) is 0 Å². The Balaban J connectivity index is 1.88. The molecule has 7 heteroatoms. The molecule has 1 unspecified atom stereocenters. The maximum absolute atomic E-state index is 11.8. The largest absolute Gasteiger partial charge is 0.393 e. The maximum Gasteiger partial charge on any atom is 0.319 e. The third kappa shape index (κ3) is 4.97. The molecular formula is C16H21ClN4O2. The second-order valence-electron chi connectivity index (χ2n) is 5.60. The summed E-state index contributed by atoms with van der Waals surface area (Å²) in [6.07, 6.45) is 3.56. The molecule has 0 bridgehead atoms. The topological polar surface area (TPSA) is 79.2 Å². The van der Waals surface area contributed by atoms with Crippen molar-refractivity contribution in [3.63, 3.8) is 0 Å². The summed E-state index contributed by atoms with van der Waals surface area (Å²) in [5, 5.41) is 19.7. The highest BCUT2D eigenvalue weighted by Crippen LogP contribution is 2.23. The second kappa shape index (κ2) is 7.99. The van der Waals surface area contributed by atoms with Crippen molar-refractivity contribution in [3.8, 4) is 5.69 Å². The van der Waals surface area contributed by atoms with Crippen molar-refractivity contribution in [1.29, 1.82) is 0 Å². The first-order valence-electron chi connectivity index (χ1n) is 7.50. The normalized spacial score (nSPS) is 12.2. The number of hydrogen-bond acceptors (Lipinski definition) is 3. The van der Waals surface area contributed by atoms with Gasteiger partial charge in [-0.2, -0.15) is 5.10 Å². The lowest BCUT2D eigenvalue weighted by Crippen LogP contribution is -2.32. The summed E-state index contributed by atoms with van der Waals surface area (Å²) in [4.78, 5) is 11.8. The number of urea groups is 1. The first-order valence-corrected chi connectivity index (χ1v) is 7.87. The van der Waals surface area contributed by atoms with Crippen molar-refractivity contribution in [3.05, 3.63) is 41.7 Å². The Labute approximate surface area is 140 Å². The fourth-order valence-electron chi connectivity index (χ4n) is 2.02. The Bertz CT molecular complexity index is 644. The van der Waals surface area contributed by atoms with Crippen LogP contribution in [0.25, 0.3) is 5.69 Å². The maximum atomic E-state index is 11.8. The van der Waals surface area contributed by atoms with E-state index < -0.39 is 6.10 Å². The van der Waals surface area contributed by atoms with Crippen LogP contribution in [0.2, 0.25) is 5.02 Å². The van der Waals surface area contributed by atoms with Crippen molar-refractivity contribution < 1.29 is 9.90 Å². The van der Waals surface area contributed by atoms with E-state index in [1.54, 1.807) is 35.3 Å². The molecule has 124 valence electrons. The van der Waals surface area contributed by atoms with E-state index in [-0.39, 0.29) is 11.9 Å². The van der Waals surface area contributed by atoms with E-state index in [4.69, 9.17) is 11.6 Å². The Morgan fingerprint density at radius 1 is 1.43 bits per heavy atom. The molecule has 0 saturated heterocycles. The van der Waals surface area contributed by atoms with Gasteiger partial charge < -0.3 is 15.7 Å². The van der Waals surface area contributed by atoms with Crippen molar-refractivity contribution in [2.45, 2.75) is 26.4 Å². The molecule has 1 aromatic carbocycles. The van der Waals surface area contributed by atoms with E-state index in [0.29, 0.717) is 23.7 Å². The molecule has 0 saturated carbocycles. The van der Waals surface area contributed by atoms with Gasteiger partial charge in [0.2, 0.25) is 0 Å². The van der Waals surface area contributed by atoms with Crippen LogP contribution in [0.3, 0.4) is 0 Å². The highest BCUT2D eigenvalue weighted by molar-refractivity contribution is 6.32. The molecule has 2 rings (SSSR count). The third-order valence-electron chi connectivity index (χ3n) is 3.45. The van der Waals surface area contributed by atoms with Gasteiger partial charge in [0.05, 0.1) is 16.8 Å². The number of carbonyl (C=O) groups excluding carboxylic acids is 1. The molecule has 0 fully saturated rings. The lowest BCUT2D eigenvalue weighted by atomic mass is 10.0. The van der Waals surface area contributed by atoms with Crippen LogP contribution < -0.4 is 10.6 Å². The predicted octanol–water partition coefficient (Wildman–Crippen LogP) is 3.05. The lowest BCUT2D eigenvalue weighted by molar-refractivity contribution is 0.117. The van der Waals surface area contributed by atoms with Crippen molar-refractivity contribution >= 4 is 23.3 Å². The van der Waals surface area contributed by atoms with Gasteiger partial charge in [-0.05, 0) is 36.6 Å². The summed E-state index contributed by atoms with van der Waals surface area (Å²) in [5.74, 6) is 0.175. The zero-order chi connectivity index (χ0) is 16.8. The molecule has 6 nitrogen and oxygen atoms in total. The van der Waals surface area contributed by atoms with Gasteiger partial charge in [0.1, 0.15) is 0 Å². The Morgan fingerprint density at radius 2 is 2.22 bits per heavy atom. The molecular weight excluding hydrogens is 316 g/mol. The predicted molar refractivity (Wildman–Crippen MR) is 91.1 cm³/mol. The van der Waals surface area contributed by atoms with Crippen LogP contribution >= 0.6 is 11.6 Å². The number of nitrogens with zero attached hydrogens (tertiary/aromatic N) is 2. The highest BCUT2D eigenvalue weighted by atomic mass is 35.5. The van der Waals surface area contributed by atoms with Crippen LogP contribution in [0.15, 0.2) is 36.7 Å². The molecule has 3 N–H and O–H groups in total. The van der Waals surface area contributed by atoms with Gasteiger partial charge in [-0.15, -0.1) is 0 Å². The molecule has 2 amide bonds. The first-order chi connectivity index (χ1) is 11.0. The van der Waals surface area contributed by atoms with E-state index in [1.807, 2.05) is 19.9 Å². The van der Waals surface area contributed by atoms with E-state index in [2.05, 4.69) is 15.7 Å². The van der Waals surface area contributed by atoms with Crippen molar-refractivity contribution in [2.24, 2.45) is 5.92 Å². The number of halogens is 1. The number of aliphatic hydroxyl groups is 1. The highest BCUT2D eigenvalue weighted by Gasteiger charge is 2.10. The number of nitrogens with one attached hydrogen (secondary N) is 2. The summed E-state index contributed by atoms with van der Waals surface area (Å²) >= 11 is 6.22. The molecule has 23 heavy (non-hydrogen) atoms. The number of hydrogen-bond donors (Lipinski definition) is 3. The van der Waals surface area contributed by atoms with Crippen LogP contribution in [-0.4, -0.2) is 33.6 Å². The number of rotatable bonds is 6. The van der Waals surface area contributed by atoms with E-state index in [1.165, 1.54) is 0 Å². The summed E-state index contributed by atoms with van der Waals surface area (Å²) < 4.78 is 1.65. The third-order valence-corrected chi connectivity index (χ3v) is 3.75. The molecule has 1 heterocycles. The lowest BCUT2D eigenvalue weighted by Gasteiger charge is -2.15. The molecule has 1 atom stereocenters. The van der Waals surface area contributed by atoms with Gasteiger partial charge in [0, 0.05) is 24.6 Å². The van der Waals surface area contributed by atoms with Gasteiger partial charge in [-0.1, -0.05) is 25.4 Å². The number of benzene rings is 1. The molecule has 0 aliphatic rings. The SMILES string of the molecule is CC(C)C(O)CCNC(=O)Nc1ccc(-n2cccn2)c(Cl)c1. The molecule has 0 aliphatic heterocycles. The Morgan fingerprint density at radius 3 is 2.83 bits per heavy atom. The minimum Gasteiger partial charge on any atom is -0.393 e. The standard InChI is InChI=1S/C16H21ClN4O2/c1-11(2)15(22)6-8-18-16(23)20-12-4-5-14(13(17)10-12)21-9-3-7-19-21/h3-5,7,9-11,15,22H,6,8H2,1-2H3,(H2,18,20,23). The van der Waals surface area contributed by atoms with Crippen molar-refractivity contribution in [2.75, 3.05) is 11.9 Å². The second-order valence-corrected chi connectivity index (χ2v) is 6.00. The van der Waals surface area contributed by atoms with Crippen LogP contribution in [0.4, 0.5) is 10.5 Å². The molecule has 1 aromatic heterocycles. The monoisotopic (exact) mass is 336 g/mol. The summed E-state index contributed by atoms with van der Waals surface area (Å²) in [6.45, 7) is 4.28. The van der Waals surface area contributed by atoms with E-state index in [0.717, 1.165) is 5.69 Å². The first kappa shape index (κ1) is 17.3. The minimum absolute atomic E-state index is 0.175.